The molecular formula is C22H28BrN3O4S. The zero-order valence-corrected chi connectivity index (χ0v) is 20.5. The molecule has 2 aromatic carbocycles. The number of hydrogen-bond donors (Lipinski definition) is 1. The van der Waals surface area contributed by atoms with E-state index < -0.39 is 28.5 Å². The van der Waals surface area contributed by atoms with E-state index in [1.165, 1.54) is 11.9 Å². The summed E-state index contributed by atoms with van der Waals surface area (Å²) in [5, 5.41) is 2.56. The van der Waals surface area contributed by atoms with Crippen molar-refractivity contribution in [3.8, 4) is 0 Å². The summed E-state index contributed by atoms with van der Waals surface area (Å²) in [6.07, 6.45) is 1.70. The second-order valence-electron chi connectivity index (χ2n) is 7.19. The fraction of sp³-hybridized carbons (Fsp3) is 0.364. The van der Waals surface area contributed by atoms with Gasteiger partial charge in [0.25, 0.3) is 0 Å². The molecule has 0 saturated carbocycles. The highest BCUT2D eigenvalue weighted by atomic mass is 79.9. The Kier molecular flexibility index (Phi) is 8.64. The quantitative estimate of drug-likeness (QED) is 0.562. The second-order valence-corrected chi connectivity index (χ2v) is 10.0. The molecule has 0 unspecified atom stereocenters. The van der Waals surface area contributed by atoms with Crippen LogP contribution in [-0.2, 0) is 32.6 Å². The van der Waals surface area contributed by atoms with Crippen LogP contribution in [0.1, 0.15) is 25.0 Å². The molecule has 2 aromatic rings. The van der Waals surface area contributed by atoms with Crippen molar-refractivity contribution in [2.75, 3.05) is 24.2 Å². The number of likely N-dealkylation sites (N-methyl/N-ethyl adjacent to an activating group) is 1. The van der Waals surface area contributed by atoms with Gasteiger partial charge in [-0.2, -0.15) is 0 Å². The van der Waals surface area contributed by atoms with Crippen molar-refractivity contribution >= 4 is 43.5 Å². The molecule has 0 heterocycles. The van der Waals surface area contributed by atoms with Gasteiger partial charge in [-0.3, -0.25) is 13.9 Å². The highest BCUT2D eigenvalue weighted by molar-refractivity contribution is 9.10. The van der Waals surface area contributed by atoms with Gasteiger partial charge in [0.05, 0.1) is 11.9 Å². The predicted octanol–water partition coefficient (Wildman–Crippen LogP) is 2.94. The summed E-state index contributed by atoms with van der Waals surface area (Å²) in [5.41, 5.74) is 2.11. The van der Waals surface area contributed by atoms with E-state index in [1.54, 1.807) is 19.1 Å². The van der Waals surface area contributed by atoms with Gasteiger partial charge >= 0.3 is 0 Å². The Morgan fingerprint density at radius 3 is 2.26 bits per heavy atom. The van der Waals surface area contributed by atoms with Gasteiger partial charge in [0.15, 0.2) is 0 Å². The molecule has 1 N–H and O–H groups in total. The van der Waals surface area contributed by atoms with E-state index in [4.69, 9.17) is 0 Å². The highest BCUT2D eigenvalue weighted by Crippen LogP contribution is 2.24. The molecule has 0 aliphatic heterocycles. The summed E-state index contributed by atoms with van der Waals surface area (Å²) in [5.74, 6) is -0.791. The Hall–Kier alpha value is -2.39. The molecule has 0 radical (unpaired) electrons. The van der Waals surface area contributed by atoms with Crippen molar-refractivity contribution < 1.29 is 18.0 Å². The normalized spacial score (nSPS) is 12.2. The number of carbonyl (C=O) groups is 2. The van der Waals surface area contributed by atoms with Crippen LogP contribution in [0.3, 0.4) is 0 Å². The monoisotopic (exact) mass is 509 g/mol. The van der Waals surface area contributed by atoms with E-state index in [9.17, 15) is 18.0 Å². The number of nitrogens with one attached hydrogen (secondary N) is 1. The number of aryl methyl sites for hydroxylation is 1. The fourth-order valence-corrected chi connectivity index (χ4v) is 4.37. The van der Waals surface area contributed by atoms with E-state index in [2.05, 4.69) is 21.2 Å². The minimum Gasteiger partial charge on any atom is -0.357 e. The molecule has 31 heavy (non-hydrogen) atoms. The van der Waals surface area contributed by atoms with Crippen molar-refractivity contribution in [3.05, 3.63) is 64.1 Å². The van der Waals surface area contributed by atoms with E-state index >= 15 is 0 Å². The number of para-hydroxylation sites is 1. The lowest BCUT2D eigenvalue weighted by atomic mass is 10.1. The number of sulfonamides is 1. The average Bonchev–Trinajstić information content (AvgIpc) is 2.75. The van der Waals surface area contributed by atoms with E-state index in [0.29, 0.717) is 12.1 Å². The summed E-state index contributed by atoms with van der Waals surface area (Å²) < 4.78 is 27.2. The Morgan fingerprint density at radius 1 is 1.10 bits per heavy atom. The van der Waals surface area contributed by atoms with Crippen LogP contribution in [0.15, 0.2) is 53.0 Å². The van der Waals surface area contributed by atoms with E-state index in [1.807, 2.05) is 43.3 Å². The maximum absolute atomic E-state index is 13.3. The van der Waals surface area contributed by atoms with Crippen LogP contribution in [0.5, 0.6) is 0 Å². The number of amides is 2. The molecule has 0 aliphatic rings. The summed E-state index contributed by atoms with van der Waals surface area (Å²) >= 11 is 3.38. The standard InChI is InChI=1S/C22H28BrN3O4S/c1-5-18-8-6-7-9-20(18)26(31(4,29)30)15-21(27)25(16(2)22(28)24-3)14-17-10-12-19(23)13-11-17/h6-13,16H,5,14-15H2,1-4H3,(H,24,28)/t16-/m0/s1. The number of carbonyl (C=O) groups excluding carboxylic acids is 2. The summed E-state index contributed by atoms with van der Waals surface area (Å²) in [7, 11) is -2.23. The molecule has 2 rings (SSSR count). The van der Waals surface area contributed by atoms with Crippen LogP contribution < -0.4 is 9.62 Å². The van der Waals surface area contributed by atoms with Crippen molar-refractivity contribution in [1.29, 1.82) is 0 Å². The van der Waals surface area contributed by atoms with Gasteiger partial charge in [-0.15, -0.1) is 0 Å². The number of benzene rings is 2. The van der Waals surface area contributed by atoms with Crippen LogP contribution in [0.2, 0.25) is 0 Å². The molecule has 0 saturated heterocycles. The average molecular weight is 510 g/mol. The van der Waals surface area contributed by atoms with Gasteiger partial charge in [-0.05, 0) is 42.7 Å². The maximum atomic E-state index is 13.3. The SMILES string of the molecule is CCc1ccccc1N(CC(=O)N(Cc1ccc(Br)cc1)[C@@H](C)C(=O)NC)S(C)(=O)=O. The van der Waals surface area contributed by atoms with E-state index in [-0.39, 0.29) is 12.5 Å². The van der Waals surface area contributed by atoms with E-state index in [0.717, 1.165) is 26.2 Å². The summed E-state index contributed by atoms with van der Waals surface area (Å²) in [6.45, 7) is 3.33. The van der Waals surface area contributed by atoms with Gasteiger partial charge in [-0.25, -0.2) is 8.42 Å². The highest BCUT2D eigenvalue weighted by Gasteiger charge is 2.30. The smallest absolute Gasteiger partial charge is 0.244 e. The molecule has 0 aliphatic carbocycles. The first kappa shape index (κ1) is 24.9. The first-order valence-electron chi connectivity index (χ1n) is 9.89. The molecule has 0 bridgehead atoms. The molecule has 0 fully saturated rings. The van der Waals surface area contributed by atoms with Gasteiger partial charge in [0.2, 0.25) is 21.8 Å². The number of nitrogens with zero attached hydrogens (tertiary/aromatic N) is 2. The van der Waals surface area contributed by atoms with Crippen LogP contribution in [0, 0.1) is 0 Å². The molecule has 0 spiro atoms. The minimum absolute atomic E-state index is 0.174. The van der Waals surface area contributed by atoms with Gasteiger partial charge in [-0.1, -0.05) is 53.2 Å². The first-order chi connectivity index (χ1) is 14.6. The third-order valence-corrected chi connectivity index (χ3v) is 6.66. The summed E-state index contributed by atoms with van der Waals surface area (Å²) in [6, 6.07) is 13.7. The molecule has 0 aromatic heterocycles. The number of rotatable bonds is 9. The fourth-order valence-electron chi connectivity index (χ4n) is 3.23. The van der Waals surface area contributed by atoms with Crippen LogP contribution in [0.4, 0.5) is 5.69 Å². The molecular weight excluding hydrogens is 482 g/mol. The van der Waals surface area contributed by atoms with Gasteiger partial charge < -0.3 is 10.2 Å². The third-order valence-electron chi connectivity index (χ3n) is 5.00. The summed E-state index contributed by atoms with van der Waals surface area (Å²) in [4.78, 5) is 27.0. The Balaban J connectivity index is 2.41. The second kappa shape index (κ2) is 10.8. The van der Waals surface area contributed by atoms with Crippen LogP contribution in [-0.4, -0.2) is 51.0 Å². The number of halogens is 1. The number of anilines is 1. The topological polar surface area (TPSA) is 86.8 Å². The Bertz CT molecular complexity index is 1030. The van der Waals surface area contributed by atoms with Gasteiger partial charge in [0.1, 0.15) is 12.6 Å². The Labute approximate surface area is 192 Å². The first-order valence-corrected chi connectivity index (χ1v) is 12.5. The molecule has 9 heteroatoms. The van der Waals surface area contributed by atoms with Crippen molar-refractivity contribution in [3.63, 3.8) is 0 Å². The maximum Gasteiger partial charge on any atom is 0.244 e. The largest absolute Gasteiger partial charge is 0.357 e. The third kappa shape index (κ3) is 6.54. The number of hydrogen-bond acceptors (Lipinski definition) is 4. The molecule has 7 nitrogen and oxygen atoms in total. The van der Waals surface area contributed by atoms with Crippen LogP contribution in [0.25, 0.3) is 0 Å². The zero-order chi connectivity index (χ0) is 23.2. The van der Waals surface area contributed by atoms with Gasteiger partial charge in [0, 0.05) is 18.1 Å². The lowest BCUT2D eigenvalue weighted by Crippen LogP contribution is -2.50. The van der Waals surface area contributed by atoms with Crippen LogP contribution >= 0.6 is 15.9 Å². The molecule has 168 valence electrons. The lowest BCUT2D eigenvalue weighted by molar-refractivity contribution is -0.139. The zero-order valence-electron chi connectivity index (χ0n) is 18.1. The Morgan fingerprint density at radius 2 is 1.71 bits per heavy atom. The molecule has 1 atom stereocenters. The molecule has 2 amide bonds. The predicted molar refractivity (Wildman–Crippen MR) is 126 cm³/mol. The lowest BCUT2D eigenvalue weighted by Gasteiger charge is -2.31. The van der Waals surface area contributed by atoms with Crippen molar-refractivity contribution in [2.24, 2.45) is 0 Å². The van der Waals surface area contributed by atoms with Crippen molar-refractivity contribution in [1.82, 2.24) is 10.2 Å². The van der Waals surface area contributed by atoms with Crippen molar-refractivity contribution in [2.45, 2.75) is 32.9 Å². The minimum atomic E-state index is -3.73.